The van der Waals surface area contributed by atoms with E-state index in [9.17, 15) is 9.18 Å². The molecule has 1 fully saturated rings. The molecule has 2 aliphatic heterocycles. The Labute approximate surface area is 186 Å². The zero-order valence-electron chi connectivity index (χ0n) is 18.1. The molecule has 32 heavy (non-hydrogen) atoms. The molecule has 1 aromatic heterocycles. The number of aryl methyl sites for hydroxylation is 1. The van der Waals surface area contributed by atoms with Gasteiger partial charge in [-0.3, -0.25) is 4.79 Å². The van der Waals surface area contributed by atoms with E-state index in [0.717, 1.165) is 37.2 Å². The van der Waals surface area contributed by atoms with E-state index in [-0.39, 0.29) is 11.7 Å². The van der Waals surface area contributed by atoms with Crippen molar-refractivity contribution in [2.75, 3.05) is 24.5 Å². The zero-order chi connectivity index (χ0) is 22.1. The van der Waals surface area contributed by atoms with Crippen LogP contribution in [0.2, 0.25) is 0 Å². The maximum atomic E-state index is 13.7. The number of carbonyl (C=O) groups is 1. The van der Waals surface area contributed by atoms with Crippen LogP contribution in [-0.4, -0.2) is 40.4 Å². The number of amides is 1. The van der Waals surface area contributed by atoms with Gasteiger partial charge in [0.25, 0.3) is 5.91 Å². The van der Waals surface area contributed by atoms with Crippen LogP contribution in [0.25, 0.3) is 0 Å². The number of nitrogens with zero attached hydrogens (tertiary/aromatic N) is 4. The van der Waals surface area contributed by atoms with Gasteiger partial charge in [0.05, 0.1) is 17.8 Å². The van der Waals surface area contributed by atoms with Crippen molar-refractivity contribution in [3.05, 3.63) is 76.7 Å². The Balaban J connectivity index is 1.50. The second kappa shape index (κ2) is 8.57. The summed E-state index contributed by atoms with van der Waals surface area (Å²) in [4.78, 5) is 26.6. The van der Waals surface area contributed by atoms with Gasteiger partial charge in [-0.1, -0.05) is 18.2 Å². The third-order valence-electron chi connectivity index (χ3n) is 6.05. The van der Waals surface area contributed by atoms with Gasteiger partial charge in [-0.2, -0.15) is 4.98 Å². The molecule has 0 bridgehead atoms. The number of benzene rings is 2. The Kier molecular flexibility index (Phi) is 5.47. The van der Waals surface area contributed by atoms with E-state index < -0.39 is 0 Å². The van der Waals surface area contributed by atoms with Crippen molar-refractivity contribution in [1.82, 2.24) is 14.9 Å². The van der Waals surface area contributed by atoms with E-state index in [4.69, 9.17) is 14.7 Å². The minimum Gasteiger partial charge on any atom is -0.438 e. The molecule has 0 unspecified atom stereocenters. The minimum atomic E-state index is -0.278. The third-order valence-corrected chi connectivity index (χ3v) is 6.05. The predicted molar refractivity (Wildman–Crippen MR) is 120 cm³/mol. The van der Waals surface area contributed by atoms with Gasteiger partial charge >= 0.3 is 0 Å². The maximum absolute atomic E-state index is 13.7. The minimum absolute atomic E-state index is 0.0246. The molecule has 0 spiro atoms. The van der Waals surface area contributed by atoms with E-state index in [1.165, 1.54) is 6.07 Å². The Morgan fingerprint density at radius 1 is 1.03 bits per heavy atom. The number of fused-ring (bicyclic) bond motifs is 1. The number of aromatic nitrogens is 2. The highest BCUT2D eigenvalue weighted by Crippen LogP contribution is 2.33. The van der Waals surface area contributed by atoms with Crippen molar-refractivity contribution in [3.63, 3.8) is 0 Å². The smallest absolute Gasteiger partial charge is 0.254 e. The Morgan fingerprint density at radius 3 is 2.56 bits per heavy atom. The highest BCUT2D eigenvalue weighted by Gasteiger charge is 2.29. The summed E-state index contributed by atoms with van der Waals surface area (Å²) >= 11 is 0. The van der Waals surface area contributed by atoms with Gasteiger partial charge in [-0.05, 0) is 55.7 Å². The summed E-state index contributed by atoms with van der Waals surface area (Å²) in [5, 5.41) is 0. The average Bonchev–Trinajstić information content (AvgIpc) is 3.36. The first-order valence-electron chi connectivity index (χ1n) is 11.0. The molecular formula is C25H25FN4O2. The molecule has 1 amide bonds. The molecule has 5 rings (SSSR count). The first-order chi connectivity index (χ1) is 15.6. The summed E-state index contributed by atoms with van der Waals surface area (Å²) in [6.07, 6.45) is 2.87. The lowest BCUT2D eigenvalue weighted by molar-refractivity contribution is 0.0732. The molecule has 3 aromatic rings. The molecule has 3 heterocycles. The molecule has 0 N–H and O–H groups in total. The third kappa shape index (κ3) is 4.02. The molecule has 164 valence electrons. The lowest BCUT2D eigenvalue weighted by atomic mass is 10.1. The first kappa shape index (κ1) is 20.4. The highest BCUT2D eigenvalue weighted by atomic mass is 19.1. The molecule has 0 radical (unpaired) electrons. The Hall–Kier alpha value is -3.48. The largest absolute Gasteiger partial charge is 0.438 e. The summed E-state index contributed by atoms with van der Waals surface area (Å²) in [5.41, 5.74) is 2.88. The molecular weight excluding hydrogens is 407 g/mol. The molecule has 0 aliphatic carbocycles. The quantitative estimate of drug-likeness (QED) is 0.607. The number of anilines is 1. The summed E-state index contributed by atoms with van der Waals surface area (Å²) < 4.78 is 19.9. The number of rotatable bonds is 4. The van der Waals surface area contributed by atoms with Gasteiger partial charge in [0, 0.05) is 31.6 Å². The zero-order valence-corrected chi connectivity index (χ0v) is 18.1. The van der Waals surface area contributed by atoms with Crippen molar-refractivity contribution < 1.29 is 13.9 Å². The monoisotopic (exact) mass is 432 g/mol. The lowest BCUT2D eigenvalue weighted by Gasteiger charge is -2.30. The van der Waals surface area contributed by atoms with E-state index in [1.807, 2.05) is 30.3 Å². The standard InChI is InChI=1S/C25H25FN4O2/c1-17-15-19(9-10-21(17)26)32-23-20-16-30(24(31)18-7-3-2-4-8-18)14-11-22(20)27-25(28-23)29-12-5-6-13-29/h2-4,7-10,15H,5-6,11-14,16H2,1H3. The van der Waals surface area contributed by atoms with Crippen LogP contribution in [0.15, 0.2) is 48.5 Å². The average molecular weight is 432 g/mol. The second-order valence-electron chi connectivity index (χ2n) is 8.30. The number of hydrogen-bond acceptors (Lipinski definition) is 5. The van der Waals surface area contributed by atoms with Gasteiger partial charge in [0.2, 0.25) is 11.8 Å². The van der Waals surface area contributed by atoms with Crippen molar-refractivity contribution in [2.24, 2.45) is 0 Å². The van der Waals surface area contributed by atoms with Gasteiger partial charge in [0.15, 0.2) is 0 Å². The topological polar surface area (TPSA) is 58.6 Å². The number of ether oxygens (including phenoxy) is 1. The van der Waals surface area contributed by atoms with Crippen LogP contribution in [0, 0.1) is 12.7 Å². The highest BCUT2D eigenvalue weighted by molar-refractivity contribution is 5.94. The van der Waals surface area contributed by atoms with Crippen LogP contribution in [0.3, 0.4) is 0 Å². The van der Waals surface area contributed by atoms with Crippen molar-refractivity contribution in [1.29, 1.82) is 0 Å². The van der Waals surface area contributed by atoms with Crippen LogP contribution in [-0.2, 0) is 13.0 Å². The van der Waals surface area contributed by atoms with Crippen molar-refractivity contribution in [2.45, 2.75) is 32.7 Å². The van der Waals surface area contributed by atoms with Gasteiger partial charge in [-0.25, -0.2) is 9.37 Å². The van der Waals surface area contributed by atoms with E-state index in [2.05, 4.69) is 4.90 Å². The van der Waals surface area contributed by atoms with E-state index in [1.54, 1.807) is 24.0 Å². The Bertz CT molecular complexity index is 1150. The molecule has 2 aliphatic rings. The van der Waals surface area contributed by atoms with Crippen molar-refractivity contribution in [3.8, 4) is 11.6 Å². The fraction of sp³-hybridized carbons (Fsp3) is 0.320. The van der Waals surface area contributed by atoms with E-state index >= 15 is 0 Å². The van der Waals surface area contributed by atoms with Crippen LogP contribution in [0.4, 0.5) is 10.3 Å². The summed E-state index contributed by atoms with van der Waals surface area (Å²) in [7, 11) is 0. The summed E-state index contributed by atoms with van der Waals surface area (Å²) in [6.45, 7) is 4.51. The second-order valence-corrected chi connectivity index (χ2v) is 8.30. The van der Waals surface area contributed by atoms with Crippen LogP contribution >= 0.6 is 0 Å². The lowest BCUT2D eigenvalue weighted by Crippen LogP contribution is -2.37. The number of hydrogen-bond donors (Lipinski definition) is 0. The van der Waals surface area contributed by atoms with Crippen LogP contribution in [0.5, 0.6) is 11.6 Å². The molecule has 2 aromatic carbocycles. The molecule has 0 atom stereocenters. The summed E-state index contributed by atoms with van der Waals surface area (Å²) in [5.74, 6) is 1.32. The fourth-order valence-corrected chi connectivity index (χ4v) is 4.24. The first-order valence-corrected chi connectivity index (χ1v) is 11.0. The van der Waals surface area contributed by atoms with E-state index in [0.29, 0.717) is 48.2 Å². The predicted octanol–water partition coefficient (Wildman–Crippen LogP) is 4.52. The maximum Gasteiger partial charge on any atom is 0.254 e. The molecule has 7 heteroatoms. The SMILES string of the molecule is Cc1cc(Oc2nc(N3CCCC3)nc3c2CN(C(=O)c2ccccc2)CC3)ccc1F. The Morgan fingerprint density at radius 2 is 1.81 bits per heavy atom. The normalized spacial score (nSPS) is 15.6. The van der Waals surface area contributed by atoms with Gasteiger partial charge < -0.3 is 14.5 Å². The molecule has 6 nitrogen and oxygen atoms in total. The van der Waals surface area contributed by atoms with Crippen LogP contribution in [0.1, 0.15) is 40.0 Å². The molecule has 0 saturated carbocycles. The number of halogens is 1. The van der Waals surface area contributed by atoms with Gasteiger partial charge in [-0.15, -0.1) is 0 Å². The molecule has 1 saturated heterocycles. The van der Waals surface area contributed by atoms with Gasteiger partial charge in [0.1, 0.15) is 11.6 Å². The van der Waals surface area contributed by atoms with Crippen LogP contribution < -0.4 is 9.64 Å². The van der Waals surface area contributed by atoms with Crippen molar-refractivity contribution >= 4 is 11.9 Å². The number of carbonyl (C=O) groups excluding carboxylic acids is 1. The summed E-state index contributed by atoms with van der Waals surface area (Å²) in [6, 6.07) is 13.9. The fourth-order valence-electron chi connectivity index (χ4n) is 4.24.